The fraction of sp³-hybridized carbons (Fsp3) is 0.300. The summed E-state index contributed by atoms with van der Waals surface area (Å²) in [6, 6.07) is 0.437. The molecule has 0 bridgehead atoms. The van der Waals surface area contributed by atoms with E-state index in [1.807, 2.05) is 0 Å². The molecule has 5 nitrogen and oxygen atoms in total. The van der Waals surface area contributed by atoms with Gasteiger partial charge in [0.1, 0.15) is 22.8 Å². The first-order valence-electron chi connectivity index (χ1n) is 5.05. The van der Waals surface area contributed by atoms with Crippen LogP contribution in [0.2, 0.25) is 0 Å². The molecular formula is C10H9ClF3NO4S. The quantitative estimate of drug-likeness (QED) is 0.649. The van der Waals surface area contributed by atoms with Crippen LogP contribution in [0.15, 0.2) is 17.0 Å². The Morgan fingerprint density at radius 2 is 1.85 bits per heavy atom. The van der Waals surface area contributed by atoms with Crippen LogP contribution in [0.25, 0.3) is 0 Å². The summed E-state index contributed by atoms with van der Waals surface area (Å²) in [4.78, 5) is 9.60. The molecule has 1 rings (SSSR count). The Labute approximate surface area is 117 Å². The molecule has 0 amide bonds. The Morgan fingerprint density at radius 3 is 2.30 bits per heavy atom. The molecule has 0 aromatic heterocycles. The maximum Gasteiger partial charge on any atom is 0.325 e. The molecule has 0 saturated heterocycles. The number of sulfonamides is 1. The lowest BCUT2D eigenvalue weighted by molar-refractivity contribution is -0.140. The van der Waals surface area contributed by atoms with Gasteiger partial charge in [-0.2, -0.15) is 0 Å². The predicted molar refractivity (Wildman–Crippen MR) is 63.2 cm³/mol. The maximum absolute atomic E-state index is 13.3. The second kappa shape index (κ2) is 6.42. The molecule has 0 radical (unpaired) electrons. The molecule has 1 N–H and O–H groups in total. The van der Waals surface area contributed by atoms with Crippen molar-refractivity contribution >= 4 is 27.6 Å². The molecular weight excluding hydrogens is 323 g/mol. The number of rotatable bonds is 5. The molecule has 0 aliphatic carbocycles. The number of halogens is 4. The van der Waals surface area contributed by atoms with Gasteiger partial charge in [0.2, 0.25) is 10.0 Å². The van der Waals surface area contributed by atoms with Crippen LogP contribution >= 0.6 is 11.6 Å². The summed E-state index contributed by atoms with van der Waals surface area (Å²) in [6.07, 6.45) is 0. The molecule has 1 aromatic carbocycles. The Morgan fingerprint density at radius 1 is 1.35 bits per heavy atom. The third kappa shape index (κ3) is 3.84. The van der Waals surface area contributed by atoms with E-state index >= 15 is 0 Å². The molecule has 0 heterocycles. The highest BCUT2D eigenvalue weighted by atomic mass is 35.5. The maximum atomic E-state index is 13.3. The van der Waals surface area contributed by atoms with E-state index in [4.69, 9.17) is 11.6 Å². The van der Waals surface area contributed by atoms with Crippen molar-refractivity contribution < 1.29 is 31.1 Å². The van der Waals surface area contributed by atoms with E-state index in [0.717, 1.165) is 7.11 Å². The van der Waals surface area contributed by atoms with Crippen molar-refractivity contribution in [2.24, 2.45) is 0 Å². The number of hydrogen-bond acceptors (Lipinski definition) is 4. The summed E-state index contributed by atoms with van der Waals surface area (Å²) in [6.45, 7) is -0.646. The monoisotopic (exact) mass is 331 g/mol. The second-order valence-electron chi connectivity index (χ2n) is 3.54. The Hall–Kier alpha value is -1.32. The summed E-state index contributed by atoms with van der Waals surface area (Å²) in [5.41, 5.74) is 0. The van der Waals surface area contributed by atoms with Crippen LogP contribution in [0.4, 0.5) is 13.2 Å². The molecule has 1 atom stereocenters. The summed E-state index contributed by atoms with van der Waals surface area (Å²) >= 11 is 5.48. The standard InChI is InChI=1S/C10H9ClF3NO4S/c1-19-10(16)6(11)4-15-20(17,18)9-7(13)2-5(12)3-8(9)14/h2-3,6,15H,4H2,1H3. The van der Waals surface area contributed by atoms with Crippen molar-refractivity contribution in [3.8, 4) is 0 Å². The number of ether oxygens (including phenoxy) is 1. The number of hydrogen-bond donors (Lipinski definition) is 1. The normalized spacial score (nSPS) is 13.1. The van der Waals surface area contributed by atoms with Gasteiger partial charge in [0.25, 0.3) is 0 Å². The molecule has 1 unspecified atom stereocenters. The van der Waals surface area contributed by atoms with Crippen molar-refractivity contribution in [3.05, 3.63) is 29.6 Å². The van der Waals surface area contributed by atoms with Crippen molar-refractivity contribution in [2.45, 2.75) is 10.3 Å². The van der Waals surface area contributed by atoms with Gasteiger partial charge in [-0.05, 0) is 0 Å². The van der Waals surface area contributed by atoms with Crippen molar-refractivity contribution in [2.75, 3.05) is 13.7 Å². The van der Waals surface area contributed by atoms with Gasteiger partial charge in [0.15, 0.2) is 4.90 Å². The molecule has 1 aromatic rings. The van der Waals surface area contributed by atoms with Crippen LogP contribution in [0, 0.1) is 17.5 Å². The largest absolute Gasteiger partial charge is 0.468 e. The average molecular weight is 332 g/mol. The smallest absolute Gasteiger partial charge is 0.325 e. The Bertz CT molecular complexity index is 600. The van der Waals surface area contributed by atoms with Gasteiger partial charge < -0.3 is 4.74 Å². The third-order valence-corrected chi connectivity index (χ3v) is 3.95. The van der Waals surface area contributed by atoms with Crippen LogP contribution in [-0.2, 0) is 19.6 Å². The minimum atomic E-state index is -4.63. The minimum absolute atomic E-state index is 0.218. The Kier molecular flexibility index (Phi) is 5.37. The van der Waals surface area contributed by atoms with Crippen LogP contribution in [-0.4, -0.2) is 33.4 Å². The zero-order valence-electron chi connectivity index (χ0n) is 9.99. The van der Waals surface area contributed by atoms with Gasteiger partial charge in [-0.1, -0.05) is 0 Å². The highest BCUT2D eigenvalue weighted by molar-refractivity contribution is 7.89. The van der Waals surface area contributed by atoms with Crippen molar-refractivity contribution in [3.63, 3.8) is 0 Å². The second-order valence-corrected chi connectivity index (χ2v) is 5.77. The SMILES string of the molecule is COC(=O)C(Cl)CNS(=O)(=O)c1c(F)cc(F)cc1F. The van der Waals surface area contributed by atoms with E-state index in [1.54, 1.807) is 4.72 Å². The molecule has 112 valence electrons. The lowest BCUT2D eigenvalue weighted by Crippen LogP contribution is -2.35. The molecule has 0 spiro atoms. The number of nitrogens with one attached hydrogen (secondary N) is 1. The third-order valence-electron chi connectivity index (χ3n) is 2.14. The van der Waals surface area contributed by atoms with Crippen LogP contribution in [0.1, 0.15) is 0 Å². The van der Waals surface area contributed by atoms with Gasteiger partial charge >= 0.3 is 5.97 Å². The summed E-state index contributed by atoms with van der Waals surface area (Å²) in [5, 5.41) is -1.37. The van der Waals surface area contributed by atoms with E-state index in [9.17, 15) is 26.4 Å². The fourth-order valence-electron chi connectivity index (χ4n) is 1.25. The first-order chi connectivity index (χ1) is 9.19. The zero-order chi connectivity index (χ0) is 15.5. The van der Waals surface area contributed by atoms with Crippen LogP contribution in [0.5, 0.6) is 0 Å². The lowest BCUT2D eigenvalue weighted by atomic mass is 10.3. The number of carbonyl (C=O) groups is 1. The molecule has 0 fully saturated rings. The van der Waals surface area contributed by atoms with Crippen molar-refractivity contribution in [1.82, 2.24) is 4.72 Å². The first kappa shape index (κ1) is 16.7. The molecule has 10 heteroatoms. The molecule has 0 aliphatic rings. The molecule has 20 heavy (non-hydrogen) atoms. The van der Waals surface area contributed by atoms with E-state index in [0.29, 0.717) is 0 Å². The summed E-state index contributed by atoms with van der Waals surface area (Å²) < 4.78 is 68.7. The summed E-state index contributed by atoms with van der Waals surface area (Å²) in [5.74, 6) is -5.38. The highest BCUT2D eigenvalue weighted by Gasteiger charge is 2.27. The Balaban J connectivity index is 2.98. The molecule has 0 aliphatic heterocycles. The van der Waals surface area contributed by atoms with Gasteiger partial charge in [-0.3, -0.25) is 4.79 Å². The number of esters is 1. The minimum Gasteiger partial charge on any atom is -0.468 e. The zero-order valence-corrected chi connectivity index (χ0v) is 11.6. The lowest BCUT2D eigenvalue weighted by Gasteiger charge is -2.11. The van der Waals surface area contributed by atoms with Crippen LogP contribution < -0.4 is 4.72 Å². The van der Waals surface area contributed by atoms with Gasteiger partial charge in [0.05, 0.1) is 7.11 Å². The van der Waals surface area contributed by atoms with Gasteiger partial charge in [-0.15, -0.1) is 11.6 Å². The first-order valence-corrected chi connectivity index (χ1v) is 6.97. The topological polar surface area (TPSA) is 72.5 Å². The van der Waals surface area contributed by atoms with E-state index < -0.39 is 50.3 Å². The van der Waals surface area contributed by atoms with E-state index in [2.05, 4.69) is 4.74 Å². The van der Waals surface area contributed by atoms with Gasteiger partial charge in [0, 0.05) is 18.7 Å². The van der Waals surface area contributed by atoms with Crippen molar-refractivity contribution in [1.29, 1.82) is 0 Å². The van der Waals surface area contributed by atoms with E-state index in [-0.39, 0.29) is 12.1 Å². The summed E-state index contributed by atoms with van der Waals surface area (Å²) in [7, 11) is -3.60. The fourth-order valence-corrected chi connectivity index (χ4v) is 2.67. The predicted octanol–water partition coefficient (Wildman–Crippen LogP) is 1.16. The number of alkyl halides is 1. The number of carbonyl (C=O) groups excluding carboxylic acids is 1. The van der Waals surface area contributed by atoms with E-state index in [1.165, 1.54) is 0 Å². The highest BCUT2D eigenvalue weighted by Crippen LogP contribution is 2.20. The van der Waals surface area contributed by atoms with Crippen LogP contribution in [0.3, 0.4) is 0 Å². The average Bonchev–Trinajstić information content (AvgIpc) is 2.33. The number of methoxy groups -OCH3 is 1. The molecule has 0 saturated carbocycles. The number of benzene rings is 1. The van der Waals surface area contributed by atoms with Gasteiger partial charge in [-0.25, -0.2) is 26.3 Å².